The number of nitrogens with zero attached hydrogens (tertiary/aromatic N) is 1. The number of rotatable bonds is 5. The molecule has 0 aromatic carbocycles. The first-order chi connectivity index (χ1) is 7.19. The van der Waals surface area contributed by atoms with Crippen LogP contribution in [0.3, 0.4) is 0 Å². The summed E-state index contributed by atoms with van der Waals surface area (Å²) in [5.74, 6) is 0.460. The van der Waals surface area contributed by atoms with Crippen LogP contribution < -0.4 is 5.32 Å². The molecular formula is C12H19ClN2. The van der Waals surface area contributed by atoms with E-state index in [0.717, 1.165) is 18.7 Å². The van der Waals surface area contributed by atoms with Gasteiger partial charge in [-0.05, 0) is 32.0 Å². The first-order valence-corrected chi connectivity index (χ1v) is 5.91. The molecule has 0 amide bonds. The lowest BCUT2D eigenvalue weighted by molar-refractivity contribution is 0.453. The molecule has 15 heavy (non-hydrogen) atoms. The maximum absolute atomic E-state index is 5.82. The van der Waals surface area contributed by atoms with Crippen LogP contribution in [0.5, 0.6) is 0 Å². The second kappa shape index (κ2) is 6.09. The van der Waals surface area contributed by atoms with Gasteiger partial charge in [-0.2, -0.15) is 0 Å². The Kier molecular flexibility index (Phi) is 5.06. The van der Waals surface area contributed by atoms with E-state index in [1.165, 1.54) is 0 Å². The van der Waals surface area contributed by atoms with Gasteiger partial charge in [0, 0.05) is 23.9 Å². The van der Waals surface area contributed by atoms with E-state index in [4.69, 9.17) is 11.6 Å². The van der Waals surface area contributed by atoms with E-state index in [-0.39, 0.29) is 0 Å². The summed E-state index contributed by atoms with van der Waals surface area (Å²) < 4.78 is 0. The van der Waals surface area contributed by atoms with Gasteiger partial charge in [-0.15, -0.1) is 0 Å². The highest BCUT2D eigenvalue weighted by atomic mass is 35.5. The average Bonchev–Trinajstić information content (AvgIpc) is 2.22. The van der Waals surface area contributed by atoms with Crippen molar-refractivity contribution in [3.63, 3.8) is 0 Å². The molecule has 1 rings (SSSR count). The monoisotopic (exact) mass is 226 g/mol. The molecule has 0 aliphatic carbocycles. The number of hydrogen-bond donors (Lipinski definition) is 1. The summed E-state index contributed by atoms with van der Waals surface area (Å²) >= 11 is 5.82. The Morgan fingerprint density at radius 3 is 2.60 bits per heavy atom. The summed E-state index contributed by atoms with van der Waals surface area (Å²) in [7, 11) is 0. The topological polar surface area (TPSA) is 24.9 Å². The summed E-state index contributed by atoms with van der Waals surface area (Å²) in [6.07, 6.45) is 2.81. The predicted octanol–water partition coefficient (Wildman–Crippen LogP) is 3.23. The van der Waals surface area contributed by atoms with Crippen LogP contribution in [0.1, 0.15) is 38.8 Å². The van der Waals surface area contributed by atoms with Crippen molar-refractivity contribution in [1.82, 2.24) is 10.3 Å². The van der Waals surface area contributed by atoms with E-state index in [9.17, 15) is 0 Å². The first kappa shape index (κ1) is 12.5. The largest absolute Gasteiger partial charge is 0.314 e. The number of likely N-dealkylation sites (N-methyl/N-ethyl adjacent to an activating group) is 1. The Balaban J connectivity index is 2.77. The second-order valence-electron chi connectivity index (χ2n) is 3.76. The predicted molar refractivity (Wildman–Crippen MR) is 65.4 cm³/mol. The fraction of sp³-hybridized carbons (Fsp3) is 0.583. The molecule has 1 heterocycles. The van der Waals surface area contributed by atoms with Crippen molar-refractivity contribution in [3.8, 4) is 0 Å². The number of halogens is 1. The Morgan fingerprint density at radius 2 is 2.13 bits per heavy atom. The lowest BCUT2D eigenvalue weighted by Gasteiger charge is -2.22. The number of aromatic nitrogens is 1. The molecule has 2 nitrogen and oxygen atoms in total. The third-order valence-corrected chi connectivity index (χ3v) is 2.92. The minimum Gasteiger partial charge on any atom is -0.314 e. The zero-order valence-corrected chi connectivity index (χ0v) is 10.4. The third kappa shape index (κ3) is 3.47. The van der Waals surface area contributed by atoms with Crippen LogP contribution in [0.25, 0.3) is 0 Å². The summed E-state index contributed by atoms with van der Waals surface area (Å²) in [6, 6.07) is 4.38. The highest BCUT2D eigenvalue weighted by Crippen LogP contribution is 2.22. The molecule has 1 N–H and O–H groups in total. The number of nitrogens with one attached hydrogen (secondary N) is 1. The Morgan fingerprint density at radius 1 is 1.40 bits per heavy atom. The van der Waals surface area contributed by atoms with Crippen molar-refractivity contribution in [1.29, 1.82) is 0 Å². The fourth-order valence-electron chi connectivity index (χ4n) is 1.89. The minimum atomic E-state index is 0.452. The molecule has 3 heteroatoms. The van der Waals surface area contributed by atoms with Gasteiger partial charge < -0.3 is 5.32 Å². The molecule has 84 valence electrons. The van der Waals surface area contributed by atoms with Gasteiger partial charge in [-0.3, -0.25) is 4.98 Å². The number of hydrogen-bond acceptors (Lipinski definition) is 2. The third-order valence-electron chi connectivity index (χ3n) is 2.70. The quantitative estimate of drug-likeness (QED) is 0.834. The van der Waals surface area contributed by atoms with Crippen LogP contribution in [-0.4, -0.2) is 17.6 Å². The van der Waals surface area contributed by atoms with E-state index in [1.807, 2.05) is 12.1 Å². The van der Waals surface area contributed by atoms with E-state index in [2.05, 4.69) is 31.1 Å². The van der Waals surface area contributed by atoms with Crippen LogP contribution in [-0.2, 0) is 0 Å². The van der Waals surface area contributed by atoms with Crippen LogP contribution in [0, 0.1) is 0 Å². The van der Waals surface area contributed by atoms with Crippen molar-refractivity contribution in [2.75, 3.05) is 6.54 Å². The van der Waals surface area contributed by atoms with Crippen molar-refractivity contribution in [2.24, 2.45) is 0 Å². The Bertz CT molecular complexity index is 284. The molecule has 0 spiro atoms. The van der Waals surface area contributed by atoms with E-state index < -0.39 is 0 Å². The van der Waals surface area contributed by atoms with Crippen molar-refractivity contribution < 1.29 is 0 Å². The molecule has 0 radical (unpaired) electrons. The zero-order valence-electron chi connectivity index (χ0n) is 9.63. The minimum absolute atomic E-state index is 0.452. The lowest BCUT2D eigenvalue weighted by Crippen LogP contribution is -2.32. The Hall–Kier alpha value is -0.600. The van der Waals surface area contributed by atoms with E-state index in [1.54, 1.807) is 6.20 Å². The van der Waals surface area contributed by atoms with Gasteiger partial charge in [-0.1, -0.05) is 25.4 Å². The second-order valence-corrected chi connectivity index (χ2v) is 4.20. The van der Waals surface area contributed by atoms with Gasteiger partial charge in [-0.25, -0.2) is 0 Å². The molecule has 0 bridgehead atoms. The van der Waals surface area contributed by atoms with E-state index in [0.29, 0.717) is 17.0 Å². The number of pyridine rings is 1. The van der Waals surface area contributed by atoms with E-state index >= 15 is 0 Å². The molecule has 0 saturated carbocycles. The molecule has 0 aliphatic rings. The molecule has 1 aromatic rings. The van der Waals surface area contributed by atoms with Crippen LogP contribution in [0.4, 0.5) is 0 Å². The molecule has 2 atom stereocenters. The van der Waals surface area contributed by atoms with Gasteiger partial charge in [0.15, 0.2) is 0 Å². The summed E-state index contributed by atoms with van der Waals surface area (Å²) in [4.78, 5) is 4.38. The van der Waals surface area contributed by atoms with Crippen LogP contribution in [0.2, 0.25) is 5.02 Å². The van der Waals surface area contributed by atoms with Crippen LogP contribution >= 0.6 is 11.6 Å². The van der Waals surface area contributed by atoms with Gasteiger partial charge >= 0.3 is 0 Å². The summed E-state index contributed by atoms with van der Waals surface area (Å²) in [5, 5.41) is 4.14. The van der Waals surface area contributed by atoms with Crippen molar-refractivity contribution in [2.45, 2.75) is 39.2 Å². The fourth-order valence-corrected chi connectivity index (χ4v) is 2.00. The van der Waals surface area contributed by atoms with Crippen LogP contribution in [0.15, 0.2) is 18.3 Å². The highest BCUT2D eigenvalue weighted by Gasteiger charge is 2.17. The van der Waals surface area contributed by atoms with Gasteiger partial charge in [0.1, 0.15) is 0 Å². The normalized spacial score (nSPS) is 14.9. The van der Waals surface area contributed by atoms with Crippen molar-refractivity contribution >= 4 is 11.6 Å². The SMILES string of the molecule is CCNC(C)C(CC)c1ccc(Cl)cn1. The smallest absolute Gasteiger partial charge is 0.0589 e. The molecule has 0 fully saturated rings. The zero-order chi connectivity index (χ0) is 11.3. The van der Waals surface area contributed by atoms with Gasteiger partial charge in [0.25, 0.3) is 0 Å². The molecule has 0 saturated heterocycles. The lowest BCUT2D eigenvalue weighted by atomic mass is 9.94. The molecular weight excluding hydrogens is 208 g/mol. The van der Waals surface area contributed by atoms with Gasteiger partial charge in [0.2, 0.25) is 0 Å². The molecule has 1 aromatic heterocycles. The Labute approximate surface area is 97.1 Å². The summed E-state index contributed by atoms with van der Waals surface area (Å²) in [5.41, 5.74) is 1.12. The molecule has 0 aliphatic heterocycles. The maximum atomic E-state index is 5.82. The first-order valence-electron chi connectivity index (χ1n) is 5.53. The standard InChI is InChI=1S/C12H19ClN2/c1-4-11(9(3)14-5-2)12-7-6-10(13)8-15-12/h6-9,11,14H,4-5H2,1-3H3. The van der Waals surface area contributed by atoms with Crippen molar-refractivity contribution in [3.05, 3.63) is 29.0 Å². The molecule has 2 unspecified atom stereocenters. The maximum Gasteiger partial charge on any atom is 0.0589 e. The summed E-state index contributed by atoms with van der Waals surface area (Å²) in [6.45, 7) is 7.51. The highest BCUT2D eigenvalue weighted by molar-refractivity contribution is 6.30. The van der Waals surface area contributed by atoms with Gasteiger partial charge in [0.05, 0.1) is 5.02 Å². The average molecular weight is 227 g/mol.